The van der Waals surface area contributed by atoms with Gasteiger partial charge in [-0.25, -0.2) is 0 Å². The minimum atomic E-state index is -0.144. The summed E-state index contributed by atoms with van der Waals surface area (Å²) in [4.78, 5) is 26.9. The van der Waals surface area contributed by atoms with Crippen molar-refractivity contribution in [1.82, 2.24) is 4.90 Å². The van der Waals surface area contributed by atoms with Crippen LogP contribution in [0.1, 0.15) is 24.8 Å². The largest absolute Gasteiger partial charge is 0.342 e. The molecule has 0 spiro atoms. The number of hydrogen-bond donors (Lipinski definition) is 1. The van der Waals surface area contributed by atoms with Gasteiger partial charge in [-0.15, -0.1) is 0 Å². The van der Waals surface area contributed by atoms with E-state index in [9.17, 15) is 9.59 Å². The van der Waals surface area contributed by atoms with Crippen molar-refractivity contribution in [2.75, 3.05) is 30.4 Å². The summed E-state index contributed by atoms with van der Waals surface area (Å²) < 4.78 is 0. The average molecular weight is 397 g/mol. The lowest BCUT2D eigenvalue weighted by molar-refractivity contribution is -0.134. The number of piperidine rings is 1. The van der Waals surface area contributed by atoms with Crippen molar-refractivity contribution in [3.8, 4) is 11.1 Å². The summed E-state index contributed by atoms with van der Waals surface area (Å²) in [5.74, 6) is 0.851. The van der Waals surface area contributed by atoms with Gasteiger partial charge >= 0.3 is 0 Å². The highest BCUT2D eigenvalue weighted by Crippen LogP contribution is 2.25. The van der Waals surface area contributed by atoms with Gasteiger partial charge in [-0.3, -0.25) is 9.59 Å². The first kappa shape index (κ1) is 20.5. The molecule has 1 atom stereocenters. The van der Waals surface area contributed by atoms with Gasteiger partial charge in [0.2, 0.25) is 11.8 Å². The molecule has 148 valence electrons. The first-order valence-corrected chi connectivity index (χ1v) is 11.2. The number of benzene rings is 2. The second-order valence-electron chi connectivity index (χ2n) is 7.36. The van der Waals surface area contributed by atoms with Crippen LogP contribution >= 0.6 is 11.8 Å². The predicted molar refractivity (Wildman–Crippen MR) is 118 cm³/mol. The number of likely N-dealkylation sites (tertiary alicyclic amines) is 1. The van der Waals surface area contributed by atoms with Gasteiger partial charge < -0.3 is 10.2 Å². The SMILES string of the molecule is CSCCC(=O)N1CCCC(C(=O)Nc2cccc(-c3cccc(C)c3)c2)C1. The normalized spacial score (nSPS) is 16.6. The summed E-state index contributed by atoms with van der Waals surface area (Å²) in [5, 5.41) is 3.06. The molecule has 3 rings (SSSR count). The molecule has 1 aliphatic heterocycles. The van der Waals surface area contributed by atoms with Gasteiger partial charge in [-0.05, 0) is 49.3 Å². The number of thioether (sulfide) groups is 1. The standard InChI is InChI=1S/C23H28N2O2S/c1-17-6-3-7-18(14-17)19-8-4-10-21(15-19)24-23(27)20-9-5-12-25(16-20)22(26)11-13-28-2/h3-4,6-8,10,14-15,20H,5,9,11-13,16H2,1-2H3,(H,24,27). The first-order chi connectivity index (χ1) is 13.6. The van der Waals surface area contributed by atoms with Crippen LogP contribution < -0.4 is 5.32 Å². The lowest BCUT2D eigenvalue weighted by Crippen LogP contribution is -2.43. The summed E-state index contributed by atoms with van der Waals surface area (Å²) in [7, 11) is 0. The van der Waals surface area contributed by atoms with E-state index in [0.717, 1.165) is 42.0 Å². The third-order valence-corrected chi connectivity index (χ3v) is 5.76. The highest BCUT2D eigenvalue weighted by atomic mass is 32.2. The van der Waals surface area contributed by atoms with Gasteiger partial charge in [-0.2, -0.15) is 11.8 Å². The molecule has 1 unspecified atom stereocenters. The summed E-state index contributed by atoms with van der Waals surface area (Å²) in [5.41, 5.74) is 4.23. The smallest absolute Gasteiger partial charge is 0.229 e. The zero-order valence-corrected chi connectivity index (χ0v) is 17.4. The topological polar surface area (TPSA) is 49.4 Å². The minimum Gasteiger partial charge on any atom is -0.342 e. The molecule has 1 heterocycles. The lowest BCUT2D eigenvalue weighted by Gasteiger charge is -2.32. The number of nitrogens with one attached hydrogen (secondary N) is 1. The van der Waals surface area contributed by atoms with Crippen LogP contribution in [0, 0.1) is 12.8 Å². The van der Waals surface area contributed by atoms with Gasteiger partial charge in [0.25, 0.3) is 0 Å². The maximum Gasteiger partial charge on any atom is 0.229 e. The molecular formula is C23H28N2O2S. The van der Waals surface area contributed by atoms with Crippen LogP contribution in [0.25, 0.3) is 11.1 Å². The monoisotopic (exact) mass is 396 g/mol. The van der Waals surface area contributed by atoms with Crippen molar-refractivity contribution in [1.29, 1.82) is 0 Å². The zero-order valence-electron chi connectivity index (χ0n) is 16.6. The fourth-order valence-corrected chi connectivity index (χ4v) is 3.99. The van der Waals surface area contributed by atoms with E-state index >= 15 is 0 Å². The van der Waals surface area contributed by atoms with Gasteiger partial charge in [0, 0.05) is 31.0 Å². The van der Waals surface area contributed by atoms with E-state index in [0.29, 0.717) is 13.0 Å². The number of hydrogen-bond acceptors (Lipinski definition) is 3. The lowest BCUT2D eigenvalue weighted by atomic mass is 9.96. The van der Waals surface area contributed by atoms with Crippen LogP contribution in [0.3, 0.4) is 0 Å². The van der Waals surface area contributed by atoms with E-state index in [-0.39, 0.29) is 17.7 Å². The Hall–Kier alpha value is -2.27. The molecule has 28 heavy (non-hydrogen) atoms. The molecule has 0 radical (unpaired) electrons. The minimum absolute atomic E-state index is 0.00348. The van der Waals surface area contributed by atoms with E-state index in [1.807, 2.05) is 35.4 Å². The summed E-state index contributed by atoms with van der Waals surface area (Å²) in [6.45, 7) is 3.36. The maximum atomic E-state index is 12.8. The molecular weight excluding hydrogens is 368 g/mol. The first-order valence-electron chi connectivity index (χ1n) is 9.81. The molecule has 2 amide bonds. The fraction of sp³-hybridized carbons (Fsp3) is 0.391. The Morgan fingerprint density at radius 3 is 2.64 bits per heavy atom. The highest BCUT2D eigenvalue weighted by Gasteiger charge is 2.28. The number of amides is 2. The Bertz CT molecular complexity index is 837. The number of rotatable bonds is 6. The summed E-state index contributed by atoms with van der Waals surface area (Å²) in [6, 6.07) is 16.3. The van der Waals surface area contributed by atoms with E-state index in [4.69, 9.17) is 0 Å². The fourth-order valence-electron chi connectivity index (χ4n) is 3.61. The molecule has 1 N–H and O–H groups in total. The van der Waals surface area contributed by atoms with Crippen molar-refractivity contribution in [3.63, 3.8) is 0 Å². The number of carbonyl (C=O) groups is 2. The van der Waals surface area contributed by atoms with Crippen LogP contribution in [0.15, 0.2) is 48.5 Å². The van der Waals surface area contributed by atoms with E-state index in [2.05, 4.69) is 36.5 Å². The quantitative estimate of drug-likeness (QED) is 0.777. The van der Waals surface area contributed by atoms with Crippen molar-refractivity contribution in [3.05, 3.63) is 54.1 Å². The third kappa shape index (κ3) is 5.38. The van der Waals surface area contributed by atoms with Crippen molar-refractivity contribution in [2.45, 2.75) is 26.2 Å². The molecule has 4 nitrogen and oxygen atoms in total. The number of aryl methyl sites for hydroxylation is 1. The molecule has 1 fully saturated rings. The van der Waals surface area contributed by atoms with Crippen LogP contribution in [-0.4, -0.2) is 41.8 Å². The number of carbonyl (C=O) groups excluding carboxylic acids is 2. The molecule has 0 saturated carbocycles. The van der Waals surface area contributed by atoms with Crippen molar-refractivity contribution in [2.24, 2.45) is 5.92 Å². The van der Waals surface area contributed by atoms with Crippen LogP contribution in [0.4, 0.5) is 5.69 Å². The number of anilines is 1. The maximum absolute atomic E-state index is 12.8. The number of nitrogens with zero attached hydrogens (tertiary/aromatic N) is 1. The molecule has 2 aromatic rings. The Kier molecular flexibility index (Phi) is 7.15. The Balaban J connectivity index is 1.64. The van der Waals surface area contributed by atoms with E-state index in [1.54, 1.807) is 11.8 Å². The third-order valence-electron chi connectivity index (χ3n) is 5.15. The van der Waals surface area contributed by atoms with Gasteiger partial charge in [-0.1, -0.05) is 42.0 Å². The Labute approximate surface area is 171 Å². The van der Waals surface area contributed by atoms with Gasteiger partial charge in [0.15, 0.2) is 0 Å². The second-order valence-corrected chi connectivity index (χ2v) is 8.35. The Morgan fingerprint density at radius 1 is 1.14 bits per heavy atom. The van der Waals surface area contributed by atoms with Crippen LogP contribution in [0.5, 0.6) is 0 Å². The average Bonchev–Trinajstić information content (AvgIpc) is 2.72. The molecule has 0 aromatic heterocycles. The molecule has 0 aliphatic carbocycles. The molecule has 1 aliphatic rings. The highest BCUT2D eigenvalue weighted by molar-refractivity contribution is 7.98. The molecule has 1 saturated heterocycles. The zero-order chi connectivity index (χ0) is 19.9. The van der Waals surface area contributed by atoms with E-state index in [1.165, 1.54) is 5.56 Å². The van der Waals surface area contributed by atoms with Crippen LogP contribution in [0.2, 0.25) is 0 Å². The van der Waals surface area contributed by atoms with E-state index < -0.39 is 0 Å². The second kappa shape index (κ2) is 9.78. The Morgan fingerprint density at radius 2 is 1.89 bits per heavy atom. The van der Waals surface area contributed by atoms with Crippen molar-refractivity contribution < 1.29 is 9.59 Å². The molecule has 2 aromatic carbocycles. The predicted octanol–water partition coefficient (Wildman–Crippen LogP) is 4.59. The van der Waals surface area contributed by atoms with Gasteiger partial charge in [0.1, 0.15) is 0 Å². The summed E-state index contributed by atoms with van der Waals surface area (Å²) in [6.07, 6.45) is 4.26. The van der Waals surface area contributed by atoms with Gasteiger partial charge in [0.05, 0.1) is 5.92 Å². The summed E-state index contributed by atoms with van der Waals surface area (Å²) >= 11 is 1.68. The molecule has 0 bridgehead atoms. The molecule has 5 heteroatoms. The van der Waals surface area contributed by atoms with Crippen LogP contribution in [-0.2, 0) is 9.59 Å². The van der Waals surface area contributed by atoms with Crippen molar-refractivity contribution >= 4 is 29.3 Å².